The minimum atomic E-state index is 0.0326. The van der Waals surface area contributed by atoms with Crippen molar-refractivity contribution in [3.05, 3.63) is 11.6 Å². The molecule has 4 aliphatic carbocycles. The van der Waals surface area contributed by atoms with E-state index in [0.717, 1.165) is 30.6 Å². The fraction of sp³-hybridized carbons (Fsp3) is 0.850. The minimum Gasteiger partial charge on any atom is -0.299 e. The van der Waals surface area contributed by atoms with Gasteiger partial charge in [-0.3, -0.25) is 4.79 Å². The SMILES string of the molecule is CC1CC[C@@]2(C)C(=CC[C@@H]3[C@@H]2CC[C@]2(C)C(=O)CC[C@@H]32)C1. The Balaban J connectivity index is 1.69. The standard InChI is InChI=1S/C20H30O/c1-13-8-10-19(2)14(12-13)4-5-15-16-6-7-18(21)20(16,3)11-9-17(15)19/h4,13,15-17H,5-12H2,1-3H3/t13?,15-,16-,17-,19-,20-/m0/s1. The highest BCUT2D eigenvalue weighted by Gasteiger charge is 2.58. The van der Waals surface area contributed by atoms with Gasteiger partial charge in [0, 0.05) is 11.8 Å². The highest BCUT2D eigenvalue weighted by molar-refractivity contribution is 5.87. The third kappa shape index (κ3) is 1.79. The van der Waals surface area contributed by atoms with Crippen molar-refractivity contribution in [3.63, 3.8) is 0 Å². The van der Waals surface area contributed by atoms with Crippen molar-refractivity contribution in [1.82, 2.24) is 0 Å². The fourth-order valence-corrected chi connectivity index (χ4v) is 6.61. The number of allylic oxidation sites excluding steroid dienone is 2. The molecule has 0 aromatic rings. The predicted octanol–water partition coefficient (Wildman–Crippen LogP) is 5.15. The monoisotopic (exact) mass is 286 g/mol. The molecule has 6 atom stereocenters. The zero-order valence-corrected chi connectivity index (χ0v) is 14.0. The van der Waals surface area contributed by atoms with Crippen LogP contribution in [0.2, 0.25) is 0 Å². The molecule has 0 radical (unpaired) electrons. The van der Waals surface area contributed by atoms with Crippen LogP contribution in [0.25, 0.3) is 0 Å². The first-order chi connectivity index (χ1) is 9.95. The summed E-state index contributed by atoms with van der Waals surface area (Å²) >= 11 is 0. The number of hydrogen-bond donors (Lipinski definition) is 0. The van der Waals surface area contributed by atoms with Crippen LogP contribution >= 0.6 is 0 Å². The summed E-state index contributed by atoms with van der Waals surface area (Å²) in [6.07, 6.45) is 12.5. The predicted molar refractivity (Wildman–Crippen MR) is 85.9 cm³/mol. The molecule has 0 spiro atoms. The van der Waals surface area contributed by atoms with Gasteiger partial charge in [0.05, 0.1) is 0 Å². The lowest BCUT2D eigenvalue weighted by Crippen LogP contribution is -2.50. The maximum absolute atomic E-state index is 12.4. The van der Waals surface area contributed by atoms with E-state index in [2.05, 4.69) is 26.8 Å². The van der Waals surface area contributed by atoms with Gasteiger partial charge in [0.25, 0.3) is 0 Å². The number of ketones is 1. The molecule has 4 rings (SSSR count). The van der Waals surface area contributed by atoms with E-state index in [1.807, 2.05) is 0 Å². The Labute approximate surface area is 129 Å². The molecule has 0 aromatic carbocycles. The second kappa shape index (κ2) is 4.46. The zero-order chi connectivity index (χ0) is 14.8. The molecule has 0 heterocycles. The Hall–Kier alpha value is -0.590. The molecule has 3 saturated carbocycles. The van der Waals surface area contributed by atoms with E-state index in [4.69, 9.17) is 0 Å². The minimum absolute atomic E-state index is 0.0326. The van der Waals surface area contributed by atoms with E-state index >= 15 is 0 Å². The van der Waals surface area contributed by atoms with Gasteiger partial charge in [-0.1, -0.05) is 32.4 Å². The quantitative estimate of drug-likeness (QED) is 0.562. The van der Waals surface area contributed by atoms with Crippen molar-refractivity contribution in [2.45, 2.75) is 72.1 Å². The highest BCUT2D eigenvalue weighted by Crippen LogP contribution is 2.64. The first-order valence-corrected chi connectivity index (χ1v) is 9.18. The van der Waals surface area contributed by atoms with Crippen LogP contribution in [-0.2, 0) is 4.79 Å². The van der Waals surface area contributed by atoms with Crippen molar-refractivity contribution in [3.8, 4) is 0 Å². The van der Waals surface area contributed by atoms with Crippen molar-refractivity contribution in [1.29, 1.82) is 0 Å². The molecule has 1 nitrogen and oxygen atoms in total. The molecule has 116 valence electrons. The molecular weight excluding hydrogens is 256 g/mol. The fourth-order valence-electron chi connectivity index (χ4n) is 6.61. The van der Waals surface area contributed by atoms with E-state index in [1.165, 1.54) is 38.5 Å². The molecule has 1 heteroatoms. The van der Waals surface area contributed by atoms with Gasteiger partial charge in [-0.15, -0.1) is 0 Å². The van der Waals surface area contributed by atoms with Crippen LogP contribution in [0.1, 0.15) is 72.1 Å². The Kier molecular flexibility index (Phi) is 2.98. The number of Topliss-reactive ketones (excluding diaryl/α,β-unsaturated/α-hetero) is 1. The molecule has 0 N–H and O–H groups in total. The van der Waals surface area contributed by atoms with Gasteiger partial charge in [0.15, 0.2) is 0 Å². The summed E-state index contributed by atoms with van der Waals surface area (Å²) in [6.45, 7) is 7.26. The maximum Gasteiger partial charge on any atom is 0.139 e. The summed E-state index contributed by atoms with van der Waals surface area (Å²) in [5, 5.41) is 0. The Morgan fingerprint density at radius 1 is 1.05 bits per heavy atom. The zero-order valence-electron chi connectivity index (χ0n) is 14.0. The smallest absolute Gasteiger partial charge is 0.139 e. The summed E-state index contributed by atoms with van der Waals surface area (Å²) in [7, 11) is 0. The number of carbonyl (C=O) groups is 1. The Bertz CT molecular complexity index is 504. The van der Waals surface area contributed by atoms with Crippen LogP contribution < -0.4 is 0 Å². The third-order valence-electron chi connectivity index (χ3n) is 8.06. The van der Waals surface area contributed by atoms with E-state index in [1.54, 1.807) is 5.57 Å². The topological polar surface area (TPSA) is 17.1 Å². The van der Waals surface area contributed by atoms with Gasteiger partial charge in [-0.05, 0) is 74.0 Å². The highest BCUT2D eigenvalue weighted by atomic mass is 16.1. The molecule has 21 heavy (non-hydrogen) atoms. The van der Waals surface area contributed by atoms with Crippen LogP contribution in [0.3, 0.4) is 0 Å². The Morgan fingerprint density at radius 2 is 1.76 bits per heavy atom. The van der Waals surface area contributed by atoms with Crippen molar-refractivity contribution < 1.29 is 4.79 Å². The summed E-state index contributed by atoms with van der Waals surface area (Å²) < 4.78 is 0. The molecule has 0 amide bonds. The van der Waals surface area contributed by atoms with E-state index in [-0.39, 0.29) is 5.41 Å². The van der Waals surface area contributed by atoms with Crippen LogP contribution in [0.15, 0.2) is 11.6 Å². The molecule has 0 aromatic heterocycles. The lowest BCUT2D eigenvalue weighted by molar-refractivity contribution is -0.131. The summed E-state index contributed by atoms with van der Waals surface area (Å²) in [5.41, 5.74) is 2.27. The van der Waals surface area contributed by atoms with Gasteiger partial charge in [-0.2, -0.15) is 0 Å². The summed E-state index contributed by atoms with van der Waals surface area (Å²) in [6, 6.07) is 0. The van der Waals surface area contributed by atoms with Crippen LogP contribution in [0, 0.1) is 34.5 Å². The summed E-state index contributed by atoms with van der Waals surface area (Å²) in [5.74, 6) is 3.77. The van der Waals surface area contributed by atoms with Gasteiger partial charge in [-0.25, -0.2) is 0 Å². The molecule has 0 saturated heterocycles. The molecule has 0 aliphatic heterocycles. The van der Waals surface area contributed by atoms with E-state index < -0.39 is 0 Å². The first-order valence-electron chi connectivity index (χ1n) is 9.18. The van der Waals surface area contributed by atoms with Crippen molar-refractivity contribution in [2.75, 3.05) is 0 Å². The summed E-state index contributed by atoms with van der Waals surface area (Å²) in [4.78, 5) is 12.4. The molecule has 1 unspecified atom stereocenters. The first kappa shape index (κ1) is 14.0. The second-order valence-corrected chi connectivity index (χ2v) is 9.03. The van der Waals surface area contributed by atoms with Crippen molar-refractivity contribution in [2.24, 2.45) is 34.5 Å². The lowest BCUT2D eigenvalue weighted by atomic mass is 9.47. The molecular formula is C20H30O. The number of hydrogen-bond acceptors (Lipinski definition) is 1. The number of rotatable bonds is 0. The number of fused-ring (bicyclic) bond motifs is 5. The molecule has 3 fully saturated rings. The Morgan fingerprint density at radius 3 is 2.57 bits per heavy atom. The normalized spacial score (nSPS) is 52.7. The second-order valence-electron chi connectivity index (χ2n) is 9.03. The largest absolute Gasteiger partial charge is 0.299 e. The molecule has 4 aliphatic rings. The van der Waals surface area contributed by atoms with Crippen LogP contribution in [0.4, 0.5) is 0 Å². The average Bonchev–Trinajstić information content (AvgIpc) is 2.76. The third-order valence-corrected chi connectivity index (χ3v) is 8.06. The number of carbonyl (C=O) groups excluding carboxylic acids is 1. The van der Waals surface area contributed by atoms with Gasteiger partial charge in [0.2, 0.25) is 0 Å². The average molecular weight is 286 g/mol. The van der Waals surface area contributed by atoms with Gasteiger partial charge in [0.1, 0.15) is 5.78 Å². The van der Waals surface area contributed by atoms with Crippen molar-refractivity contribution >= 4 is 5.78 Å². The van der Waals surface area contributed by atoms with E-state index in [9.17, 15) is 4.79 Å². The lowest BCUT2D eigenvalue weighted by Gasteiger charge is -2.57. The maximum atomic E-state index is 12.4. The van der Waals surface area contributed by atoms with E-state index in [0.29, 0.717) is 17.1 Å². The molecule has 0 bridgehead atoms. The van der Waals surface area contributed by atoms with Crippen LogP contribution in [-0.4, -0.2) is 5.78 Å². The van der Waals surface area contributed by atoms with Gasteiger partial charge < -0.3 is 0 Å². The van der Waals surface area contributed by atoms with Gasteiger partial charge >= 0.3 is 0 Å². The van der Waals surface area contributed by atoms with Crippen LogP contribution in [0.5, 0.6) is 0 Å².